The van der Waals surface area contributed by atoms with Crippen LogP contribution in [0.4, 0.5) is 0 Å². The topological polar surface area (TPSA) is 88.4 Å². The molecule has 1 aromatic heterocycles. The third-order valence-electron chi connectivity index (χ3n) is 6.08. The Bertz CT molecular complexity index is 968. The first-order chi connectivity index (χ1) is 13.5. The Balaban J connectivity index is 1.65. The van der Waals surface area contributed by atoms with Crippen LogP contribution in [0.2, 0.25) is 0 Å². The fourth-order valence-electron chi connectivity index (χ4n) is 4.51. The monoisotopic (exact) mass is 385 g/mol. The number of rotatable bonds is 4. The number of imide groups is 1. The predicted octanol–water partition coefficient (Wildman–Crippen LogP) is 0.674. The highest BCUT2D eigenvalue weighted by molar-refractivity contribution is 6.00. The van der Waals surface area contributed by atoms with Gasteiger partial charge >= 0.3 is 5.69 Å². The van der Waals surface area contributed by atoms with Gasteiger partial charge in [0.25, 0.3) is 0 Å². The molecule has 0 bridgehead atoms. The van der Waals surface area contributed by atoms with Gasteiger partial charge in [-0.1, -0.05) is 6.07 Å². The lowest BCUT2D eigenvalue weighted by atomic mass is 9.89. The normalized spacial score (nSPS) is 22.0. The highest BCUT2D eigenvalue weighted by Crippen LogP contribution is 2.31. The average molecular weight is 385 g/mol. The number of fused-ring (bicyclic) bond motifs is 1. The van der Waals surface area contributed by atoms with E-state index in [4.69, 9.17) is 0 Å². The van der Waals surface area contributed by atoms with E-state index in [0.717, 1.165) is 43.6 Å². The quantitative estimate of drug-likeness (QED) is 0.756. The van der Waals surface area contributed by atoms with Crippen molar-refractivity contribution in [3.05, 3.63) is 34.2 Å². The van der Waals surface area contributed by atoms with Gasteiger partial charge in [0.2, 0.25) is 11.8 Å². The van der Waals surface area contributed by atoms with E-state index in [2.05, 4.69) is 27.7 Å². The second-order valence-electron chi connectivity index (χ2n) is 7.83. The van der Waals surface area contributed by atoms with E-state index in [0.29, 0.717) is 12.3 Å². The zero-order valence-corrected chi connectivity index (χ0v) is 16.4. The van der Waals surface area contributed by atoms with Gasteiger partial charge in [-0.15, -0.1) is 0 Å². The third-order valence-corrected chi connectivity index (χ3v) is 6.08. The van der Waals surface area contributed by atoms with Crippen LogP contribution in [0.3, 0.4) is 0 Å². The van der Waals surface area contributed by atoms with E-state index >= 15 is 0 Å². The van der Waals surface area contributed by atoms with E-state index < -0.39 is 11.9 Å². The van der Waals surface area contributed by atoms with Gasteiger partial charge in [0.15, 0.2) is 0 Å². The van der Waals surface area contributed by atoms with E-state index in [-0.39, 0.29) is 18.0 Å². The maximum atomic E-state index is 12.9. The van der Waals surface area contributed by atoms with E-state index in [9.17, 15) is 14.4 Å². The Hall–Kier alpha value is -2.45. The van der Waals surface area contributed by atoms with Crippen molar-refractivity contribution in [3.8, 4) is 0 Å². The summed E-state index contributed by atoms with van der Waals surface area (Å²) in [5.74, 6) is -0.195. The minimum absolute atomic E-state index is 0.217. The smallest absolute Gasteiger partial charge is 0.307 e. The number of nitrogens with one attached hydrogen (secondary N) is 2. The van der Waals surface area contributed by atoms with Crippen LogP contribution in [-0.4, -0.2) is 52.7 Å². The standard InChI is InChI=1S/C20H27N5O3/c1-21-12-24-9-7-13(8-10-24)14-3-4-15-17(11-14)23(2)20(28)25(15)16-5-6-18(26)22-19(16)27/h3-4,11,13,16,21H,5-10,12H2,1-2H3,(H,22,26,27). The zero-order valence-electron chi connectivity index (χ0n) is 16.4. The van der Waals surface area contributed by atoms with Crippen molar-refractivity contribution in [3.63, 3.8) is 0 Å². The molecule has 0 spiro atoms. The van der Waals surface area contributed by atoms with Crippen LogP contribution < -0.4 is 16.3 Å². The first-order valence-electron chi connectivity index (χ1n) is 9.91. The van der Waals surface area contributed by atoms with E-state index in [1.54, 1.807) is 11.6 Å². The van der Waals surface area contributed by atoms with Crippen LogP contribution in [0.25, 0.3) is 11.0 Å². The van der Waals surface area contributed by atoms with Gasteiger partial charge < -0.3 is 5.32 Å². The lowest BCUT2D eigenvalue weighted by Crippen LogP contribution is -2.44. The number of amides is 2. The number of likely N-dealkylation sites (tertiary alicyclic amines) is 1. The van der Waals surface area contributed by atoms with Crippen LogP contribution in [0.15, 0.2) is 23.0 Å². The number of carbonyl (C=O) groups is 2. The van der Waals surface area contributed by atoms with Crippen molar-refractivity contribution in [1.29, 1.82) is 0 Å². The summed E-state index contributed by atoms with van der Waals surface area (Å²) in [5.41, 5.74) is 2.61. The fraction of sp³-hybridized carbons (Fsp3) is 0.550. The SMILES string of the molecule is CNCN1CCC(c2ccc3c(c2)n(C)c(=O)n3C2CCC(=O)NC2=O)CC1. The minimum Gasteiger partial charge on any atom is -0.307 e. The Morgan fingerprint density at radius 2 is 1.86 bits per heavy atom. The van der Waals surface area contributed by atoms with Crippen molar-refractivity contribution in [2.75, 3.05) is 26.8 Å². The van der Waals surface area contributed by atoms with Gasteiger partial charge in [0.05, 0.1) is 11.0 Å². The molecule has 8 nitrogen and oxygen atoms in total. The second-order valence-corrected chi connectivity index (χ2v) is 7.83. The second kappa shape index (κ2) is 7.52. The lowest BCUT2D eigenvalue weighted by Gasteiger charge is -2.32. The molecule has 0 saturated carbocycles. The highest BCUT2D eigenvalue weighted by Gasteiger charge is 2.31. The number of aryl methyl sites for hydroxylation is 1. The molecule has 0 aliphatic carbocycles. The van der Waals surface area contributed by atoms with Gasteiger partial charge in [-0.05, 0) is 63.0 Å². The number of imidazole rings is 1. The molecule has 2 aliphatic rings. The molecule has 3 heterocycles. The molecule has 1 aromatic carbocycles. The number of nitrogens with zero attached hydrogens (tertiary/aromatic N) is 3. The summed E-state index contributed by atoms with van der Waals surface area (Å²) in [6.45, 7) is 3.02. The Kier molecular flexibility index (Phi) is 5.07. The number of hydrogen-bond donors (Lipinski definition) is 2. The molecule has 8 heteroatoms. The maximum Gasteiger partial charge on any atom is 0.329 e. The summed E-state index contributed by atoms with van der Waals surface area (Å²) in [6, 6.07) is 5.50. The number of carbonyl (C=O) groups excluding carboxylic acids is 2. The van der Waals surface area contributed by atoms with Gasteiger partial charge in [-0.2, -0.15) is 0 Å². The van der Waals surface area contributed by atoms with Crippen LogP contribution in [0.1, 0.15) is 43.2 Å². The largest absolute Gasteiger partial charge is 0.329 e. The fourth-order valence-corrected chi connectivity index (χ4v) is 4.51. The molecule has 28 heavy (non-hydrogen) atoms. The summed E-state index contributed by atoms with van der Waals surface area (Å²) < 4.78 is 3.15. The number of hydrogen-bond acceptors (Lipinski definition) is 5. The lowest BCUT2D eigenvalue weighted by molar-refractivity contribution is -0.135. The first kappa shape index (κ1) is 18.9. The Labute approximate surface area is 163 Å². The number of aromatic nitrogens is 2. The molecular formula is C20H27N5O3. The summed E-state index contributed by atoms with van der Waals surface area (Å²) in [5, 5.41) is 5.55. The molecule has 2 aliphatic heterocycles. The molecule has 4 rings (SSSR count). The summed E-state index contributed by atoms with van der Waals surface area (Å²) in [7, 11) is 3.71. The van der Waals surface area contributed by atoms with Gasteiger partial charge in [0.1, 0.15) is 6.04 Å². The van der Waals surface area contributed by atoms with Crippen LogP contribution in [0, 0.1) is 0 Å². The molecule has 2 saturated heterocycles. The third kappa shape index (κ3) is 3.27. The molecule has 2 N–H and O–H groups in total. The Morgan fingerprint density at radius 3 is 2.54 bits per heavy atom. The predicted molar refractivity (Wildman–Crippen MR) is 106 cm³/mol. The van der Waals surface area contributed by atoms with Gasteiger partial charge in [-0.25, -0.2) is 4.79 Å². The Morgan fingerprint density at radius 1 is 1.11 bits per heavy atom. The van der Waals surface area contributed by atoms with Crippen LogP contribution >= 0.6 is 0 Å². The molecule has 2 fully saturated rings. The highest BCUT2D eigenvalue weighted by atomic mass is 16.2. The molecule has 2 amide bonds. The maximum absolute atomic E-state index is 12.9. The van der Waals surface area contributed by atoms with Crippen molar-refractivity contribution in [2.24, 2.45) is 7.05 Å². The van der Waals surface area contributed by atoms with Crippen molar-refractivity contribution >= 4 is 22.8 Å². The molecule has 150 valence electrons. The summed E-state index contributed by atoms with van der Waals surface area (Å²) in [6.07, 6.45) is 2.79. The minimum atomic E-state index is -0.635. The van der Waals surface area contributed by atoms with E-state index in [1.807, 2.05) is 13.1 Å². The van der Waals surface area contributed by atoms with Crippen molar-refractivity contribution < 1.29 is 9.59 Å². The number of piperidine rings is 2. The zero-order chi connectivity index (χ0) is 19.8. The summed E-state index contributed by atoms with van der Waals surface area (Å²) in [4.78, 5) is 39.0. The van der Waals surface area contributed by atoms with Crippen LogP contribution in [0.5, 0.6) is 0 Å². The first-order valence-corrected chi connectivity index (χ1v) is 9.91. The van der Waals surface area contributed by atoms with Crippen molar-refractivity contribution in [1.82, 2.24) is 24.7 Å². The molecule has 1 unspecified atom stereocenters. The van der Waals surface area contributed by atoms with Crippen molar-refractivity contribution in [2.45, 2.75) is 37.6 Å². The number of benzene rings is 1. The van der Waals surface area contributed by atoms with Crippen LogP contribution in [-0.2, 0) is 16.6 Å². The molecular weight excluding hydrogens is 358 g/mol. The van der Waals surface area contributed by atoms with E-state index in [1.165, 1.54) is 10.1 Å². The molecule has 0 radical (unpaired) electrons. The average Bonchev–Trinajstić information content (AvgIpc) is 2.93. The molecule has 1 atom stereocenters. The van der Waals surface area contributed by atoms with Gasteiger partial charge in [-0.3, -0.25) is 28.9 Å². The summed E-state index contributed by atoms with van der Waals surface area (Å²) >= 11 is 0. The molecule has 2 aromatic rings. The van der Waals surface area contributed by atoms with Gasteiger partial charge in [0, 0.05) is 20.1 Å².